The van der Waals surface area contributed by atoms with Gasteiger partial charge in [-0.25, -0.2) is 0 Å². The number of nitrogens with zero attached hydrogens (tertiary/aromatic N) is 1. The summed E-state index contributed by atoms with van der Waals surface area (Å²) in [5.74, 6) is -0.203. The molecule has 0 spiro atoms. The first-order valence-electron chi connectivity index (χ1n) is 27.7. The van der Waals surface area contributed by atoms with Crippen LogP contribution in [0.4, 0.5) is 0 Å². The molecule has 0 aromatic heterocycles. The maximum Gasteiger partial charge on any atom is 0.268 e. The number of quaternary nitrogens is 1. The average Bonchev–Trinajstić information content (AvgIpc) is 3.25. The van der Waals surface area contributed by atoms with Crippen molar-refractivity contribution >= 4 is 13.7 Å². The van der Waals surface area contributed by atoms with Crippen molar-refractivity contribution in [2.24, 2.45) is 0 Å². The minimum atomic E-state index is -4.60. The molecule has 2 N–H and O–H groups in total. The summed E-state index contributed by atoms with van der Waals surface area (Å²) < 4.78 is 23.3. The van der Waals surface area contributed by atoms with Crippen molar-refractivity contribution in [3.8, 4) is 0 Å². The van der Waals surface area contributed by atoms with Crippen molar-refractivity contribution in [1.29, 1.82) is 0 Å². The lowest BCUT2D eigenvalue weighted by Gasteiger charge is -2.29. The molecule has 0 fully saturated rings. The first-order valence-corrected chi connectivity index (χ1v) is 29.2. The zero-order chi connectivity index (χ0) is 47.1. The van der Waals surface area contributed by atoms with E-state index in [4.69, 9.17) is 9.05 Å². The van der Waals surface area contributed by atoms with Crippen LogP contribution in [0.2, 0.25) is 0 Å². The molecule has 0 aromatic carbocycles. The van der Waals surface area contributed by atoms with Gasteiger partial charge in [0.05, 0.1) is 39.9 Å². The second-order valence-corrected chi connectivity index (χ2v) is 21.7. The number of aliphatic hydroxyl groups excluding tert-OH is 1. The number of phosphoric ester groups is 1. The van der Waals surface area contributed by atoms with E-state index in [1.54, 1.807) is 6.08 Å². The van der Waals surface area contributed by atoms with E-state index in [-0.39, 0.29) is 19.1 Å². The standard InChI is InChI=1S/C55H109N2O6P/c1-6-8-10-12-14-16-18-20-21-22-23-24-25-26-27-28-29-30-31-32-33-34-35-37-39-41-43-45-47-49-55(59)56-53(52-63-64(60,61)62-51-50-57(3,4)5)54(58)48-46-44-42-40-38-36-19-17-15-13-11-9-7-2/h38,40,46,48,53-54,58H,6-37,39,41-45,47,49-52H2,1-5H3,(H-,56,59,60,61)/b40-38+,48-46+. The maximum atomic E-state index is 12.9. The van der Waals surface area contributed by atoms with E-state index in [9.17, 15) is 19.4 Å². The Bertz CT molecular complexity index is 1090. The van der Waals surface area contributed by atoms with Gasteiger partial charge in [-0.05, 0) is 32.1 Å². The Labute approximate surface area is 398 Å². The second-order valence-electron chi connectivity index (χ2n) is 20.3. The Hall–Kier alpha value is -1.02. The average molecular weight is 925 g/mol. The zero-order valence-electron chi connectivity index (χ0n) is 43.3. The Balaban J connectivity index is 4.07. The fourth-order valence-corrected chi connectivity index (χ4v) is 9.01. The van der Waals surface area contributed by atoms with Crippen LogP contribution in [-0.4, -0.2) is 68.5 Å². The SMILES string of the molecule is CCCCCCCCC/C=C/CC/C=C/C(O)C(COP(=O)([O-])OCC[N+](C)(C)C)NC(=O)CCCCCCCCCCCCCCCCCCCCCCCCCCCCCCC. The topological polar surface area (TPSA) is 108 Å². The molecule has 0 heterocycles. The molecule has 9 heteroatoms. The van der Waals surface area contributed by atoms with Crippen LogP contribution in [0.1, 0.15) is 271 Å². The molecule has 0 rings (SSSR count). The molecule has 1 amide bonds. The van der Waals surface area contributed by atoms with Gasteiger partial charge in [0, 0.05) is 6.42 Å². The highest BCUT2D eigenvalue weighted by molar-refractivity contribution is 7.45. The number of phosphoric acid groups is 1. The molecule has 0 aromatic rings. The lowest BCUT2D eigenvalue weighted by molar-refractivity contribution is -0.870. The molecule has 0 radical (unpaired) electrons. The van der Waals surface area contributed by atoms with Crippen molar-refractivity contribution in [1.82, 2.24) is 5.32 Å². The molecular formula is C55H109N2O6P. The fourth-order valence-electron chi connectivity index (χ4n) is 8.29. The normalized spacial score (nSPS) is 14.2. The fraction of sp³-hybridized carbons (Fsp3) is 0.909. The van der Waals surface area contributed by atoms with Crippen LogP contribution in [0, 0.1) is 0 Å². The number of unbranched alkanes of at least 4 members (excludes halogenated alkanes) is 36. The molecule has 0 aliphatic carbocycles. The summed E-state index contributed by atoms with van der Waals surface area (Å²) >= 11 is 0. The third-order valence-corrected chi connectivity index (χ3v) is 13.6. The van der Waals surface area contributed by atoms with Crippen LogP contribution < -0.4 is 10.2 Å². The quantitative estimate of drug-likeness (QED) is 0.0272. The number of hydrogen-bond acceptors (Lipinski definition) is 6. The van der Waals surface area contributed by atoms with Gasteiger partial charge in [-0.3, -0.25) is 9.36 Å². The summed E-state index contributed by atoms with van der Waals surface area (Å²) in [6.45, 7) is 4.64. The molecule has 380 valence electrons. The smallest absolute Gasteiger partial charge is 0.268 e. The molecule has 0 saturated carbocycles. The van der Waals surface area contributed by atoms with Gasteiger partial charge in [-0.15, -0.1) is 0 Å². The van der Waals surface area contributed by atoms with Crippen LogP contribution in [0.3, 0.4) is 0 Å². The van der Waals surface area contributed by atoms with Crippen LogP contribution in [0.5, 0.6) is 0 Å². The lowest BCUT2D eigenvalue weighted by Crippen LogP contribution is -2.45. The summed E-state index contributed by atoms with van der Waals surface area (Å²) in [7, 11) is 1.25. The van der Waals surface area contributed by atoms with E-state index < -0.39 is 20.0 Å². The van der Waals surface area contributed by atoms with Crippen LogP contribution in [-0.2, 0) is 18.4 Å². The van der Waals surface area contributed by atoms with Gasteiger partial charge in [-0.1, -0.05) is 256 Å². The monoisotopic (exact) mass is 925 g/mol. The Morgan fingerprint density at radius 3 is 1.27 bits per heavy atom. The number of carbonyl (C=O) groups excluding carboxylic acids is 1. The number of rotatable bonds is 51. The predicted octanol–water partition coefficient (Wildman–Crippen LogP) is 15.8. The van der Waals surface area contributed by atoms with E-state index in [0.717, 1.165) is 38.5 Å². The minimum absolute atomic E-state index is 0.00406. The predicted molar refractivity (Wildman–Crippen MR) is 275 cm³/mol. The molecule has 3 atom stereocenters. The summed E-state index contributed by atoms with van der Waals surface area (Å²) in [4.78, 5) is 25.4. The molecule has 3 unspecified atom stereocenters. The molecule has 0 aliphatic rings. The summed E-state index contributed by atoms with van der Waals surface area (Å²) in [5, 5.41) is 13.8. The lowest BCUT2D eigenvalue weighted by atomic mass is 10.0. The van der Waals surface area contributed by atoms with Crippen molar-refractivity contribution < 1.29 is 32.9 Å². The number of aliphatic hydroxyl groups is 1. The first kappa shape index (κ1) is 63.0. The second kappa shape index (κ2) is 47.1. The van der Waals surface area contributed by atoms with E-state index in [1.807, 2.05) is 27.2 Å². The van der Waals surface area contributed by atoms with Gasteiger partial charge in [0.15, 0.2) is 0 Å². The highest BCUT2D eigenvalue weighted by Crippen LogP contribution is 2.38. The molecule has 8 nitrogen and oxygen atoms in total. The number of likely N-dealkylation sites (N-methyl/N-ethyl adjacent to an activating group) is 1. The Kier molecular flexibility index (Phi) is 46.3. The first-order chi connectivity index (χ1) is 31.0. The van der Waals surface area contributed by atoms with Gasteiger partial charge in [0.25, 0.3) is 7.82 Å². The largest absolute Gasteiger partial charge is 0.756 e. The Morgan fingerprint density at radius 2 is 0.875 bits per heavy atom. The van der Waals surface area contributed by atoms with Gasteiger partial charge >= 0.3 is 0 Å². The maximum absolute atomic E-state index is 12.9. The summed E-state index contributed by atoms with van der Waals surface area (Å²) in [6, 6.07) is -0.899. The van der Waals surface area contributed by atoms with E-state index in [1.165, 1.54) is 212 Å². The van der Waals surface area contributed by atoms with E-state index in [0.29, 0.717) is 17.4 Å². The summed E-state index contributed by atoms with van der Waals surface area (Å²) in [6.07, 6.45) is 58.4. The number of hydrogen-bond donors (Lipinski definition) is 2. The molecule has 0 bridgehead atoms. The van der Waals surface area contributed by atoms with Crippen molar-refractivity contribution in [3.63, 3.8) is 0 Å². The van der Waals surface area contributed by atoms with E-state index >= 15 is 0 Å². The minimum Gasteiger partial charge on any atom is -0.756 e. The van der Waals surface area contributed by atoms with Crippen LogP contribution in [0.15, 0.2) is 24.3 Å². The molecular weight excluding hydrogens is 816 g/mol. The van der Waals surface area contributed by atoms with E-state index in [2.05, 4.69) is 31.3 Å². The van der Waals surface area contributed by atoms with Gasteiger partial charge in [0.2, 0.25) is 5.91 Å². The van der Waals surface area contributed by atoms with Crippen molar-refractivity contribution in [2.75, 3.05) is 40.9 Å². The van der Waals surface area contributed by atoms with Gasteiger partial charge in [-0.2, -0.15) is 0 Å². The van der Waals surface area contributed by atoms with Gasteiger partial charge < -0.3 is 28.8 Å². The summed E-state index contributed by atoms with van der Waals surface area (Å²) in [5.41, 5.74) is 0. The zero-order valence-corrected chi connectivity index (χ0v) is 44.1. The molecule has 0 saturated heterocycles. The van der Waals surface area contributed by atoms with Crippen LogP contribution >= 0.6 is 7.82 Å². The molecule has 64 heavy (non-hydrogen) atoms. The van der Waals surface area contributed by atoms with Crippen molar-refractivity contribution in [3.05, 3.63) is 24.3 Å². The number of nitrogens with one attached hydrogen (secondary N) is 1. The molecule has 0 aliphatic heterocycles. The number of carbonyl (C=O) groups is 1. The Morgan fingerprint density at radius 1 is 0.531 bits per heavy atom. The number of amides is 1. The van der Waals surface area contributed by atoms with Crippen LogP contribution in [0.25, 0.3) is 0 Å². The highest BCUT2D eigenvalue weighted by atomic mass is 31.2. The third kappa shape index (κ3) is 48.9. The third-order valence-electron chi connectivity index (χ3n) is 12.7. The number of allylic oxidation sites excluding steroid dienone is 3. The van der Waals surface area contributed by atoms with Gasteiger partial charge in [0.1, 0.15) is 13.2 Å². The van der Waals surface area contributed by atoms with Crippen molar-refractivity contribution in [2.45, 2.75) is 283 Å². The highest BCUT2D eigenvalue weighted by Gasteiger charge is 2.23.